The van der Waals surface area contributed by atoms with Gasteiger partial charge in [-0.25, -0.2) is 9.69 Å². The van der Waals surface area contributed by atoms with Gasteiger partial charge in [0, 0.05) is 0 Å². The van der Waals surface area contributed by atoms with Crippen LogP contribution in [0.15, 0.2) is 12.2 Å². The Balaban J connectivity index is 1.91. The normalized spacial score (nSPS) is 32.6. The number of amides is 2. The summed E-state index contributed by atoms with van der Waals surface area (Å²) in [6, 6.07) is 0. The van der Waals surface area contributed by atoms with E-state index in [2.05, 4.69) is 0 Å². The van der Waals surface area contributed by atoms with Crippen molar-refractivity contribution in [1.29, 1.82) is 0 Å². The summed E-state index contributed by atoms with van der Waals surface area (Å²) in [6.07, 6.45) is 4.09. The van der Waals surface area contributed by atoms with E-state index in [9.17, 15) is 14.2 Å². The summed E-state index contributed by atoms with van der Waals surface area (Å²) in [6.45, 7) is 4.46. The van der Waals surface area contributed by atoms with E-state index in [1.807, 2.05) is 12.2 Å². The number of hydrogen-bond donors (Lipinski definition) is 0. The molecular weight excluding hydrogens is 321 g/mol. The van der Waals surface area contributed by atoms with Crippen LogP contribution in [-0.2, 0) is 23.1 Å². The number of ether oxygens (including phenoxy) is 1. The lowest BCUT2D eigenvalue weighted by molar-refractivity contribution is -0.132. The molecule has 8 heteroatoms. The molecule has 0 N–H and O–H groups in total. The van der Waals surface area contributed by atoms with Crippen LogP contribution < -0.4 is 0 Å². The van der Waals surface area contributed by atoms with E-state index in [4.69, 9.17) is 13.8 Å². The lowest BCUT2D eigenvalue weighted by Gasteiger charge is -2.33. The summed E-state index contributed by atoms with van der Waals surface area (Å²) in [5.41, 5.74) is -0.529. The zero-order valence-electron chi connectivity index (χ0n) is 13.3. The smallest absolute Gasteiger partial charge is 0.416 e. The fourth-order valence-electron chi connectivity index (χ4n) is 3.90. The molecule has 4 atom stereocenters. The Hall–Kier alpha value is -1.17. The van der Waals surface area contributed by atoms with Gasteiger partial charge < -0.3 is 13.8 Å². The van der Waals surface area contributed by atoms with Crippen LogP contribution in [0.5, 0.6) is 0 Å². The van der Waals surface area contributed by atoms with Gasteiger partial charge >= 0.3 is 13.7 Å². The number of nitrogens with zero attached hydrogens (tertiary/aromatic N) is 1. The molecule has 2 amide bonds. The third-order valence-corrected chi connectivity index (χ3v) is 7.38. The molecule has 0 aromatic carbocycles. The van der Waals surface area contributed by atoms with E-state index in [-0.39, 0.29) is 44.1 Å². The Bertz CT molecular complexity index is 566. The third kappa shape index (κ3) is 2.75. The lowest BCUT2D eigenvalue weighted by atomic mass is 9.91. The lowest BCUT2D eigenvalue weighted by Crippen LogP contribution is -2.43. The Morgan fingerprint density at radius 1 is 1.30 bits per heavy atom. The van der Waals surface area contributed by atoms with Crippen LogP contribution in [0.4, 0.5) is 4.79 Å². The second-order valence-electron chi connectivity index (χ2n) is 5.94. The van der Waals surface area contributed by atoms with Crippen molar-refractivity contribution in [3.8, 4) is 0 Å². The summed E-state index contributed by atoms with van der Waals surface area (Å²) >= 11 is 0. The number of carbonyl (C=O) groups excluding carboxylic acids is 2. The zero-order valence-corrected chi connectivity index (χ0v) is 14.2. The number of carbonyl (C=O) groups is 2. The van der Waals surface area contributed by atoms with Crippen LogP contribution in [0.1, 0.15) is 20.3 Å². The SMILES string of the molecule is CCOP(=O)(OCC)[C@@H]1[C@@H](C(=O)N2CCOC2=O)[C@H]2C=C[C@@H]1C2. The molecule has 2 bridgehead atoms. The molecule has 0 radical (unpaired) electrons. The van der Waals surface area contributed by atoms with Gasteiger partial charge in [0.15, 0.2) is 0 Å². The zero-order chi connectivity index (χ0) is 16.6. The molecule has 2 aliphatic carbocycles. The minimum Gasteiger partial charge on any atom is -0.447 e. The van der Waals surface area contributed by atoms with Crippen molar-refractivity contribution in [2.45, 2.75) is 25.9 Å². The third-order valence-electron chi connectivity index (χ3n) is 4.71. The van der Waals surface area contributed by atoms with Crippen LogP contribution in [-0.4, -0.2) is 48.9 Å². The number of fused-ring (bicyclic) bond motifs is 2. The molecule has 0 spiro atoms. The van der Waals surface area contributed by atoms with Crippen molar-refractivity contribution in [2.24, 2.45) is 17.8 Å². The minimum atomic E-state index is -3.43. The first kappa shape index (κ1) is 16.7. The first-order valence-corrected chi connectivity index (χ1v) is 9.68. The predicted octanol–water partition coefficient (Wildman–Crippen LogP) is 2.42. The summed E-state index contributed by atoms with van der Waals surface area (Å²) in [5.74, 6) is -0.926. The first-order chi connectivity index (χ1) is 11.0. The van der Waals surface area contributed by atoms with Crippen LogP contribution in [0.25, 0.3) is 0 Å². The standard InChI is InChI=1S/C15H22NO6P/c1-3-21-23(19,22-4-2)13-11-6-5-10(9-11)12(13)14(17)16-7-8-20-15(16)18/h5-6,10-13H,3-4,7-9H2,1-2H3/t10-,11+,12-,13-/m0/s1. The van der Waals surface area contributed by atoms with Crippen molar-refractivity contribution in [2.75, 3.05) is 26.4 Å². The molecule has 0 aromatic heterocycles. The van der Waals surface area contributed by atoms with Gasteiger partial charge in [-0.3, -0.25) is 9.36 Å². The fraction of sp³-hybridized carbons (Fsp3) is 0.733. The van der Waals surface area contributed by atoms with Gasteiger partial charge in [-0.05, 0) is 32.1 Å². The molecule has 1 saturated carbocycles. The predicted molar refractivity (Wildman–Crippen MR) is 81.9 cm³/mol. The van der Waals surface area contributed by atoms with Gasteiger partial charge in [0.2, 0.25) is 5.91 Å². The second-order valence-corrected chi connectivity index (χ2v) is 8.14. The van der Waals surface area contributed by atoms with Crippen LogP contribution >= 0.6 is 7.60 Å². The summed E-state index contributed by atoms with van der Waals surface area (Å²) < 4.78 is 29.1. The van der Waals surface area contributed by atoms with Crippen LogP contribution in [0, 0.1) is 17.8 Å². The van der Waals surface area contributed by atoms with Crippen molar-refractivity contribution >= 4 is 19.6 Å². The maximum absolute atomic E-state index is 13.3. The number of imide groups is 1. The highest BCUT2D eigenvalue weighted by Gasteiger charge is 2.58. The average Bonchev–Trinajstić information content (AvgIpc) is 3.21. The topological polar surface area (TPSA) is 82.1 Å². The number of hydrogen-bond acceptors (Lipinski definition) is 6. The van der Waals surface area contributed by atoms with E-state index in [0.29, 0.717) is 0 Å². The molecule has 3 rings (SSSR count). The largest absolute Gasteiger partial charge is 0.447 e. The van der Waals surface area contributed by atoms with Gasteiger partial charge in [-0.2, -0.15) is 0 Å². The monoisotopic (exact) mass is 343 g/mol. The molecule has 0 aromatic rings. The van der Waals surface area contributed by atoms with Crippen molar-refractivity contribution in [3.63, 3.8) is 0 Å². The highest BCUT2D eigenvalue weighted by Crippen LogP contribution is 2.65. The molecule has 2 fully saturated rings. The number of allylic oxidation sites excluding steroid dienone is 2. The maximum Gasteiger partial charge on any atom is 0.416 e. The maximum atomic E-state index is 13.3. The Morgan fingerprint density at radius 3 is 2.52 bits per heavy atom. The van der Waals surface area contributed by atoms with Gasteiger partial charge in [0.1, 0.15) is 6.61 Å². The molecule has 1 heterocycles. The quantitative estimate of drug-likeness (QED) is 0.544. The molecule has 23 heavy (non-hydrogen) atoms. The van der Waals surface area contributed by atoms with Crippen LogP contribution in [0.3, 0.4) is 0 Å². The minimum absolute atomic E-state index is 0.0171. The molecule has 128 valence electrons. The van der Waals surface area contributed by atoms with Gasteiger partial charge in [0.05, 0.1) is 31.3 Å². The van der Waals surface area contributed by atoms with E-state index >= 15 is 0 Å². The van der Waals surface area contributed by atoms with Crippen molar-refractivity contribution in [3.05, 3.63) is 12.2 Å². The fourth-order valence-corrected chi connectivity index (χ4v) is 6.47. The summed E-state index contributed by atoms with van der Waals surface area (Å²) in [7, 11) is -3.43. The van der Waals surface area contributed by atoms with E-state index in [1.54, 1.807) is 13.8 Å². The Morgan fingerprint density at radius 2 is 1.96 bits per heavy atom. The molecule has 3 aliphatic rings. The first-order valence-electron chi connectivity index (χ1n) is 8.07. The molecular formula is C15H22NO6P. The molecule has 1 aliphatic heterocycles. The van der Waals surface area contributed by atoms with E-state index in [0.717, 1.165) is 11.3 Å². The average molecular weight is 343 g/mol. The summed E-state index contributed by atoms with van der Waals surface area (Å²) in [5, 5.41) is 0. The van der Waals surface area contributed by atoms with Gasteiger partial charge in [-0.15, -0.1) is 0 Å². The van der Waals surface area contributed by atoms with Gasteiger partial charge in [0.25, 0.3) is 0 Å². The Labute approximate surface area is 135 Å². The second kappa shape index (κ2) is 6.38. The van der Waals surface area contributed by atoms with Crippen molar-refractivity contribution in [1.82, 2.24) is 4.90 Å². The summed E-state index contributed by atoms with van der Waals surface area (Å²) in [4.78, 5) is 25.7. The van der Waals surface area contributed by atoms with Gasteiger partial charge in [-0.1, -0.05) is 12.2 Å². The van der Waals surface area contributed by atoms with E-state index < -0.39 is 25.3 Å². The van der Waals surface area contributed by atoms with Crippen molar-refractivity contribution < 1.29 is 27.9 Å². The number of rotatable bonds is 6. The number of cyclic esters (lactones) is 1. The highest BCUT2D eigenvalue weighted by molar-refractivity contribution is 7.54. The highest BCUT2D eigenvalue weighted by atomic mass is 31.2. The van der Waals surface area contributed by atoms with E-state index in [1.165, 1.54) is 0 Å². The molecule has 0 unspecified atom stereocenters. The molecule has 1 saturated heterocycles. The Kier molecular flexibility index (Phi) is 4.63. The molecule has 7 nitrogen and oxygen atoms in total. The van der Waals surface area contributed by atoms with Crippen LogP contribution in [0.2, 0.25) is 0 Å².